The number of likely N-dealkylation sites (N-methyl/N-ethyl adjacent to an activating group) is 2. The maximum absolute atomic E-state index is 13.0. The SMILES string of the molecule is CCOC(=O)CO/N=C1\C(=O)N(C)c2c1cc(-c1ccccc1)c1c2CN(C)CC1. The molecule has 2 aromatic carbocycles. The number of carbonyl (C=O) groups excluding carboxylic acids is 2. The molecule has 0 fully saturated rings. The Kier molecular flexibility index (Phi) is 5.55. The molecule has 2 aliphatic heterocycles. The van der Waals surface area contributed by atoms with Crippen LogP contribution in [-0.4, -0.2) is 56.3 Å². The summed E-state index contributed by atoms with van der Waals surface area (Å²) in [7, 11) is 3.84. The van der Waals surface area contributed by atoms with E-state index in [2.05, 4.69) is 29.2 Å². The molecule has 0 saturated heterocycles. The first-order valence-corrected chi connectivity index (χ1v) is 10.1. The van der Waals surface area contributed by atoms with Crippen molar-refractivity contribution in [3.05, 3.63) is 53.1 Å². The Morgan fingerprint density at radius 3 is 2.63 bits per heavy atom. The second-order valence-electron chi connectivity index (χ2n) is 7.51. The number of ether oxygens (including phenoxy) is 1. The van der Waals surface area contributed by atoms with Crippen LogP contribution in [0.15, 0.2) is 41.6 Å². The van der Waals surface area contributed by atoms with Crippen LogP contribution in [0.3, 0.4) is 0 Å². The van der Waals surface area contributed by atoms with E-state index >= 15 is 0 Å². The number of carbonyl (C=O) groups is 2. The Morgan fingerprint density at radius 1 is 1.13 bits per heavy atom. The maximum atomic E-state index is 13.0. The Bertz CT molecular complexity index is 1020. The van der Waals surface area contributed by atoms with Gasteiger partial charge in [0.15, 0.2) is 5.71 Å². The fourth-order valence-corrected chi connectivity index (χ4v) is 4.13. The van der Waals surface area contributed by atoms with Crippen molar-refractivity contribution in [1.29, 1.82) is 0 Å². The van der Waals surface area contributed by atoms with Gasteiger partial charge in [0.05, 0.1) is 12.3 Å². The van der Waals surface area contributed by atoms with Crippen molar-refractivity contribution in [3.8, 4) is 11.1 Å². The number of nitrogens with zero attached hydrogens (tertiary/aromatic N) is 3. The van der Waals surface area contributed by atoms with Crippen molar-refractivity contribution in [2.45, 2.75) is 19.9 Å². The van der Waals surface area contributed by atoms with Crippen LogP contribution in [0.25, 0.3) is 11.1 Å². The van der Waals surface area contributed by atoms with E-state index in [1.165, 1.54) is 5.56 Å². The molecule has 2 heterocycles. The van der Waals surface area contributed by atoms with Gasteiger partial charge < -0.3 is 19.4 Å². The molecular weight excluding hydrogens is 382 g/mol. The molecule has 30 heavy (non-hydrogen) atoms. The number of rotatable bonds is 5. The zero-order valence-electron chi connectivity index (χ0n) is 17.5. The Hall–Kier alpha value is -3.19. The summed E-state index contributed by atoms with van der Waals surface area (Å²) in [5, 5.41) is 4.03. The molecule has 0 spiro atoms. The molecule has 156 valence electrons. The molecule has 2 aliphatic rings. The molecular formula is C23H25N3O4. The lowest BCUT2D eigenvalue weighted by Gasteiger charge is -2.30. The van der Waals surface area contributed by atoms with Crippen LogP contribution in [-0.2, 0) is 32.1 Å². The summed E-state index contributed by atoms with van der Waals surface area (Å²) >= 11 is 0. The highest BCUT2D eigenvalue weighted by Crippen LogP contribution is 2.42. The third kappa shape index (κ3) is 3.57. The van der Waals surface area contributed by atoms with Crippen molar-refractivity contribution in [2.75, 3.05) is 38.8 Å². The lowest BCUT2D eigenvalue weighted by molar-refractivity contribution is -0.148. The minimum absolute atomic E-state index is 0.213. The Morgan fingerprint density at radius 2 is 1.90 bits per heavy atom. The Labute approximate surface area is 175 Å². The maximum Gasteiger partial charge on any atom is 0.347 e. The predicted octanol–water partition coefficient (Wildman–Crippen LogP) is 2.60. The number of hydrogen-bond donors (Lipinski definition) is 0. The molecule has 0 radical (unpaired) electrons. The largest absolute Gasteiger partial charge is 0.463 e. The molecule has 0 bridgehead atoms. The molecule has 0 saturated carbocycles. The molecule has 0 atom stereocenters. The normalized spacial score (nSPS) is 17.1. The summed E-state index contributed by atoms with van der Waals surface area (Å²) in [4.78, 5) is 33.6. The van der Waals surface area contributed by atoms with Crippen LogP contribution in [0.2, 0.25) is 0 Å². The molecule has 0 aliphatic carbocycles. The van der Waals surface area contributed by atoms with Crippen molar-refractivity contribution < 1.29 is 19.2 Å². The summed E-state index contributed by atoms with van der Waals surface area (Å²) in [6.07, 6.45) is 0.914. The zero-order valence-corrected chi connectivity index (χ0v) is 17.5. The van der Waals surface area contributed by atoms with Gasteiger partial charge >= 0.3 is 5.97 Å². The van der Waals surface area contributed by atoms with E-state index in [9.17, 15) is 9.59 Å². The van der Waals surface area contributed by atoms with E-state index in [0.29, 0.717) is 0 Å². The smallest absolute Gasteiger partial charge is 0.347 e. The number of oxime groups is 1. The first-order valence-electron chi connectivity index (χ1n) is 10.1. The number of hydrogen-bond acceptors (Lipinski definition) is 6. The van der Waals surface area contributed by atoms with E-state index in [-0.39, 0.29) is 24.8 Å². The first kappa shape index (κ1) is 20.1. The van der Waals surface area contributed by atoms with Crippen LogP contribution in [0.1, 0.15) is 23.6 Å². The average Bonchev–Trinajstić information content (AvgIpc) is 2.98. The summed E-state index contributed by atoms with van der Waals surface area (Å²) < 4.78 is 4.85. The highest BCUT2D eigenvalue weighted by atomic mass is 16.7. The topological polar surface area (TPSA) is 71.4 Å². The molecule has 0 N–H and O–H groups in total. The molecule has 2 aromatic rings. The van der Waals surface area contributed by atoms with Gasteiger partial charge in [0.2, 0.25) is 6.61 Å². The highest BCUT2D eigenvalue weighted by Gasteiger charge is 2.37. The van der Waals surface area contributed by atoms with Crippen molar-refractivity contribution in [3.63, 3.8) is 0 Å². The molecule has 0 aromatic heterocycles. The van der Waals surface area contributed by atoms with Gasteiger partial charge in [0, 0.05) is 25.7 Å². The quantitative estimate of drug-likeness (QED) is 0.563. The van der Waals surface area contributed by atoms with Crippen molar-refractivity contribution >= 4 is 23.3 Å². The van der Waals surface area contributed by atoms with Gasteiger partial charge in [-0.25, -0.2) is 4.79 Å². The summed E-state index contributed by atoms with van der Waals surface area (Å²) in [5.74, 6) is -0.757. The molecule has 4 rings (SSSR count). The van der Waals surface area contributed by atoms with Gasteiger partial charge in [-0.2, -0.15) is 0 Å². The van der Waals surface area contributed by atoms with Crippen molar-refractivity contribution in [2.24, 2.45) is 5.16 Å². The lowest BCUT2D eigenvalue weighted by atomic mass is 9.87. The van der Waals surface area contributed by atoms with E-state index in [4.69, 9.17) is 9.57 Å². The van der Waals surface area contributed by atoms with Crippen LogP contribution in [0.4, 0.5) is 5.69 Å². The first-order chi connectivity index (χ1) is 14.5. The summed E-state index contributed by atoms with van der Waals surface area (Å²) in [6.45, 7) is 3.38. The second kappa shape index (κ2) is 8.28. The summed E-state index contributed by atoms with van der Waals surface area (Å²) in [6, 6.07) is 12.2. The van der Waals surface area contributed by atoms with E-state index in [1.54, 1.807) is 18.9 Å². The molecule has 7 nitrogen and oxygen atoms in total. The summed E-state index contributed by atoms with van der Waals surface area (Å²) in [5.41, 5.74) is 6.45. The monoisotopic (exact) mass is 407 g/mol. The number of esters is 1. The Balaban J connectivity index is 1.81. The average molecular weight is 407 g/mol. The van der Waals surface area contributed by atoms with Crippen LogP contribution < -0.4 is 4.90 Å². The van der Waals surface area contributed by atoms with Crippen molar-refractivity contribution in [1.82, 2.24) is 4.90 Å². The third-order valence-corrected chi connectivity index (χ3v) is 5.52. The van der Waals surface area contributed by atoms with Gasteiger partial charge in [-0.1, -0.05) is 35.5 Å². The third-order valence-electron chi connectivity index (χ3n) is 5.52. The van der Waals surface area contributed by atoms with Crippen LogP contribution in [0, 0.1) is 0 Å². The number of fused-ring (bicyclic) bond motifs is 3. The zero-order chi connectivity index (χ0) is 21.3. The van der Waals surface area contributed by atoms with Gasteiger partial charge in [-0.15, -0.1) is 0 Å². The van der Waals surface area contributed by atoms with Gasteiger partial charge in [0.1, 0.15) is 0 Å². The van der Waals surface area contributed by atoms with Gasteiger partial charge in [-0.3, -0.25) is 4.79 Å². The van der Waals surface area contributed by atoms with Gasteiger partial charge in [-0.05, 0) is 48.7 Å². The van der Waals surface area contributed by atoms with E-state index < -0.39 is 5.97 Å². The fraction of sp³-hybridized carbons (Fsp3) is 0.348. The molecule has 7 heteroatoms. The number of benzene rings is 2. The van der Waals surface area contributed by atoms with E-state index in [0.717, 1.165) is 47.5 Å². The lowest BCUT2D eigenvalue weighted by Crippen LogP contribution is -2.30. The highest BCUT2D eigenvalue weighted by molar-refractivity contribution is 6.54. The van der Waals surface area contributed by atoms with E-state index in [1.807, 2.05) is 24.3 Å². The number of amides is 1. The molecule has 0 unspecified atom stereocenters. The van der Waals surface area contributed by atoms with Crippen LogP contribution in [0.5, 0.6) is 0 Å². The van der Waals surface area contributed by atoms with Crippen LogP contribution >= 0.6 is 0 Å². The minimum atomic E-state index is -0.516. The van der Waals surface area contributed by atoms with Gasteiger partial charge in [0.25, 0.3) is 5.91 Å². The fourth-order valence-electron chi connectivity index (χ4n) is 4.13. The number of anilines is 1. The molecule has 1 amide bonds. The second-order valence-corrected chi connectivity index (χ2v) is 7.51. The minimum Gasteiger partial charge on any atom is -0.463 e. The standard InChI is InChI=1S/C23H25N3O4/c1-4-29-20(27)14-30-24-21-18-12-17(15-8-6-5-7-9-15)16-10-11-25(2)13-19(16)22(18)26(3)23(21)28/h5-9,12H,4,10-11,13-14H2,1-3H3/b24-21-. The predicted molar refractivity (Wildman–Crippen MR) is 114 cm³/mol.